The molecular weight excluding hydrogens is 504 g/mol. The van der Waals surface area contributed by atoms with Gasteiger partial charge in [0.2, 0.25) is 0 Å². The zero-order chi connectivity index (χ0) is 26.3. The van der Waals surface area contributed by atoms with Crippen molar-refractivity contribution in [1.82, 2.24) is 19.9 Å². The minimum atomic E-state index is -2.26. The second-order valence-corrected chi connectivity index (χ2v) is 8.78. The predicted octanol–water partition coefficient (Wildman–Crippen LogP) is 1.64. The molecule has 1 aromatic carbocycles. The lowest BCUT2D eigenvalue weighted by Gasteiger charge is -2.37. The van der Waals surface area contributed by atoms with Crippen LogP contribution in [0.25, 0.3) is 16.7 Å². The van der Waals surface area contributed by atoms with Gasteiger partial charge in [-0.1, -0.05) is 16.8 Å². The third kappa shape index (κ3) is 4.33. The topological polar surface area (TPSA) is 185 Å². The highest BCUT2D eigenvalue weighted by atomic mass is 35.5. The Hall–Kier alpha value is -4.51. The Morgan fingerprint density at radius 3 is 2.97 bits per heavy atom. The van der Waals surface area contributed by atoms with E-state index in [-0.39, 0.29) is 35.5 Å². The SMILES string of the molecule is CC(O)(C(=O)Nc1ccc2c(N)noc2c1)C1OCCN(c2nn(-c3ccnc(C#N)c3)cc2Cl)C1=O. The number of fused-ring (bicyclic) bond motifs is 1. The average Bonchev–Trinajstić information content (AvgIpc) is 3.46. The third-order valence-electron chi connectivity index (χ3n) is 5.85. The first kappa shape index (κ1) is 24.2. The van der Waals surface area contributed by atoms with Crippen LogP contribution in [0.4, 0.5) is 17.3 Å². The summed E-state index contributed by atoms with van der Waals surface area (Å²) >= 11 is 6.39. The van der Waals surface area contributed by atoms with Crippen LogP contribution in [0.2, 0.25) is 5.02 Å². The smallest absolute Gasteiger partial charge is 0.261 e. The van der Waals surface area contributed by atoms with E-state index in [4.69, 9.17) is 31.9 Å². The summed E-state index contributed by atoms with van der Waals surface area (Å²) in [4.78, 5) is 31.5. The number of hydrogen-bond acceptors (Lipinski definition) is 10. The van der Waals surface area contributed by atoms with Gasteiger partial charge >= 0.3 is 0 Å². The zero-order valence-electron chi connectivity index (χ0n) is 19.3. The molecule has 2 amide bonds. The Morgan fingerprint density at radius 1 is 1.38 bits per heavy atom. The Kier molecular flexibility index (Phi) is 6.00. The van der Waals surface area contributed by atoms with E-state index in [0.717, 1.165) is 0 Å². The summed E-state index contributed by atoms with van der Waals surface area (Å²) in [6.07, 6.45) is 1.38. The van der Waals surface area contributed by atoms with Crippen molar-refractivity contribution in [1.29, 1.82) is 5.26 Å². The number of aliphatic hydroxyl groups is 1. The van der Waals surface area contributed by atoms with Gasteiger partial charge in [0.15, 0.2) is 28.9 Å². The minimum Gasteiger partial charge on any atom is -0.380 e. The molecule has 0 spiro atoms. The van der Waals surface area contributed by atoms with Gasteiger partial charge in [-0.2, -0.15) is 5.26 Å². The number of ether oxygens (including phenoxy) is 1. The van der Waals surface area contributed by atoms with Crippen LogP contribution in [0, 0.1) is 11.3 Å². The quantitative estimate of drug-likeness (QED) is 0.348. The van der Waals surface area contributed by atoms with E-state index in [0.29, 0.717) is 22.3 Å². The van der Waals surface area contributed by atoms with Gasteiger partial charge < -0.3 is 25.4 Å². The molecule has 0 aliphatic carbocycles. The molecule has 1 aliphatic rings. The zero-order valence-corrected chi connectivity index (χ0v) is 20.0. The molecule has 3 aromatic heterocycles. The van der Waals surface area contributed by atoms with E-state index in [1.54, 1.807) is 18.2 Å². The van der Waals surface area contributed by atoms with Crippen LogP contribution in [-0.2, 0) is 14.3 Å². The summed E-state index contributed by atoms with van der Waals surface area (Å²) in [5.74, 6) is -1.27. The summed E-state index contributed by atoms with van der Waals surface area (Å²) in [6, 6.07) is 9.73. The highest BCUT2D eigenvalue weighted by Crippen LogP contribution is 2.31. The fraction of sp³-hybridized carbons (Fsp3) is 0.217. The fourth-order valence-electron chi connectivity index (χ4n) is 3.89. The van der Waals surface area contributed by atoms with Crippen molar-refractivity contribution in [3.63, 3.8) is 0 Å². The number of carbonyl (C=O) groups is 2. The monoisotopic (exact) mass is 522 g/mol. The van der Waals surface area contributed by atoms with Gasteiger partial charge in [0, 0.05) is 24.0 Å². The maximum Gasteiger partial charge on any atom is 0.261 e. The molecule has 1 saturated heterocycles. The van der Waals surface area contributed by atoms with Crippen molar-refractivity contribution in [3.8, 4) is 11.8 Å². The van der Waals surface area contributed by atoms with Crippen LogP contribution in [-0.4, -0.2) is 61.7 Å². The molecule has 4 aromatic rings. The standard InChI is InChI=1S/C23H19ClN8O5/c1-23(35,22(34)28-12-2-3-15-17(9-12)37-30-19(15)26)18-21(33)31(6-7-36-18)20-16(24)11-32(29-20)14-4-5-27-13(8-14)10-25/h2-5,8-9,11,18,35H,6-7H2,1H3,(H2,26,30)(H,28,34). The lowest BCUT2D eigenvalue weighted by Crippen LogP contribution is -2.61. The molecule has 14 heteroatoms. The first-order valence-electron chi connectivity index (χ1n) is 10.9. The molecule has 0 bridgehead atoms. The molecule has 4 heterocycles. The molecule has 2 atom stereocenters. The number of pyridine rings is 1. The van der Waals surface area contributed by atoms with E-state index in [9.17, 15) is 14.7 Å². The predicted molar refractivity (Wildman–Crippen MR) is 131 cm³/mol. The van der Waals surface area contributed by atoms with Gasteiger partial charge in [-0.15, -0.1) is 5.10 Å². The maximum absolute atomic E-state index is 13.4. The van der Waals surface area contributed by atoms with Gasteiger partial charge in [-0.05, 0) is 25.1 Å². The Balaban J connectivity index is 1.37. The molecular formula is C23H19ClN8O5. The number of anilines is 3. The van der Waals surface area contributed by atoms with Crippen LogP contribution in [0.5, 0.6) is 0 Å². The second kappa shape index (κ2) is 9.17. The molecule has 5 rings (SSSR count). The van der Waals surface area contributed by atoms with Crippen molar-refractivity contribution in [2.75, 3.05) is 29.1 Å². The number of nitriles is 1. The molecule has 1 aliphatic heterocycles. The van der Waals surface area contributed by atoms with Gasteiger partial charge in [0.05, 0.1) is 30.4 Å². The largest absolute Gasteiger partial charge is 0.380 e. The molecule has 0 radical (unpaired) electrons. The number of hydrogen-bond donors (Lipinski definition) is 3. The molecule has 188 valence electrons. The first-order chi connectivity index (χ1) is 17.7. The Bertz CT molecular complexity index is 1570. The number of nitrogen functional groups attached to an aromatic ring is 1. The van der Waals surface area contributed by atoms with Crippen LogP contribution >= 0.6 is 11.6 Å². The summed E-state index contributed by atoms with van der Waals surface area (Å²) in [5, 5.41) is 31.5. The minimum absolute atomic E-state index is 0.0141. The molecule has 1 fully saturated rings. The van der Waals surface area contributed by atoms with Gasteiger partial charge in [0.25, 0.3) is 11.8 Å². The van der Waals surface area contributed by atoms with E-state index in [1.165, 1.54) is 41.0 Å². The lowest BCUT2D eigenvalue weighted by atomic mass is 9.95. The number of nitrogens with two attached hydrogens (primary N) is 1. The summed E-state index contributed by atoms with van der Waals surface area (Å²) in [7, 11) is 0. The van der Waals surface area contributed by atoms with Crippen molar-refractivity contribution < 1.29 is 24.0 Å². The van der Waals surface area contributed by atoms with Crippen LogP contribution < -0.4 is 16.0 Å². The number of nitrogens with one attached hydrogen (secondary N) is 1. The van der Waals surface area contributed by atoms with Crippen LogP contribution in [0.1, 0.15) is 12.6 Å². The van der Waals surface area contributed by atoms with Crippen molar-refractivity contribution in [2.45, 2.75) is 18.6 Å². The van der Waals surface area contributed by atoms with Crippen molar-refractivity contribution in [3.05, 3.63) is 53.4 Å². The number of benzene rings is 1. The first-order valence-corrected chi connectivity index (χ1v) is 11.3. The van der Waals surface area contributed by atoms with Crippen molar-refractivity contribution >= 4 is 51.7 Å². The highest BCUT2D eigenvalue weighted by molar-refractivity contribution is 6.33. The Labute approximate surface area is 214 Å². The molecule has 4 N–H and O–H groups in total. The summed E-state index contributed by atoms with van der Waals surface area (Å²) in [6.45, 7) is 1.28. The molecule has 2 unspecified atom stereocenters. The summed E-state index contributed by atoms with van der Waals surface area (Å²) < 4.78 is 12.0. The van der Waals surface area contributed by atoms with E-state index >= 15 is 0 Å². The number of carbonyl (C=O) groups excluding carboxylic acids is 2. The number of rotatable bonds is 5. The fourth-order valence-corrected chi connectivity index (χ4v) is 4.12. The third-order valence-corrected chi connectivity index (χ3v) is 6.11. The normalized spacial score (nSPS) is 17.4. The molecule has 0 saturated carbocycles. The van der Waals surface area contributed by atoms with Crippen LogP contribution in [0.15, 0.2) is 47.2 Å². The number of morpholine rings is 1. The van der Waals surface area contributed by atoms with Gasteiger partial charge in [0.1, 0.15) is 16.8 Å². The number of nitrogens with zero attached hydrogens (tertiary/aromatic N) is 6. The molecule has 13 nitrogen and oxygen atoms in total. The van der Waals surface area contributed by atoms with E-state index in [1.807, 2.05) is 6.07 Å². The van der Waals surface area contributed by atoms with Crippen molar-refractivity contribution in [2.24, 2.45) is 0 Å². The number of amides is 2. The van der Waals surface area contributed by atoms with Gasteiger partial charge in [-0.3, -0.25) is 14.5 Å². The lowest BCUT2D eigenvalue weighted by molar-refractivity contribution is -0.165. The highest BCUT2D eigenvalue weighted by Gasteiger charge is 2.49. The molecule has 37 heavy (non-hydrogen) atoms. The van der Waals surface area contributed by atoms with E-state index < -0.39 is 23.5 Å². The maximum atomic E-state index is 13.4. The van der Waals surface area contributed by atoms with Gasteiger partial charge in [-0.25, -0.2) is 9.67 Å². The number of halogens is 1. The number of aromatic nitrogens is 4. The average molecular weight is 523 g/mol. The Morgan fingerprint density at radius 2 is 2.19 bits per heavy atom. The second-order valence-electron chi connectivity index (χ2n) is 8.38. The summed E-state index contributed by atoms with van der Waals surface area (Å²) in [5.41, 5.74) is 4.78. The van der Waals surface area contributed by atoms with E-state index in [2.05, 4.69) is 20.6 Å². The van der Waals surface area contributed by atoms with Crippen LogP contribution in [0.3, 0.4) is 0 Å².